The first kappa shape index (κ1) is 13.4. The summed E-state index contributed by atoms with van der Waals surface area (Å²) in [4.78, 5) is 2.14. The van der Waals surface area contributed by atoms with Gasteiger partial charge in [0.05, 0.1) is 0 Å². The highest BCUT2D eigenvalue weighted by molar-refractivity contribution is 5.17. The molecule has 0 amide bonds. The van der Waals surface area contributed by atoms with Gasteiger partial charge in [0.2, 0.25) is 0 Å². The van der Waals surface area contributed by atoms with Crippen molar-refractivity contribution in [2.75, 3.05) is 26.7 Å². The molecular weight excluding hydrogens is 234 g/mol. The maximum atomic E-state index is 13.1. The number of halogens is 2. The van der Waals surface area contributed by atoms with E-state index in [0.29, 0.717) is 18.0 Å². The zero-order chi connectivity index (χ0) is 13.0. The van der Waals surface area contributed by atoms with E-state index in [0.717, 1.165) is 25.7 Å². The minimum atomic E-state index is -0.500. The van der Waals surface area contributed by atoms with Crippen molar-refractivity contribution in [3.8, 4) is 0 Å². The fourth-order valence-corrected chi connectivity index (χ4v) is 2.58. The van der Waals surface area contributed by atoms with Crippen molar-refractivity contribution < 1.29 is 8.78 Å². The molecule has 1 heterocycles. The summed E-state index contributed by atoms with van der Waals surface area (Å²) < 4.78 is 26.1. The Morgan fingerprint density at radius 1 is 1.17 bits per heavy atom. The Labute approximate surface area is 107 Å². The first-order chi connectivity index (χ1) is 8.63. The fourth-order valence-electron chi connectivity index (χ4n) is 2.58. The first-order valence-electron chi connectivity index (χ1n) is 6.48. The molecule has 4 heteroatoms. The molecule has 0 aliphatic carbocycles. The second-order valence-electron chi connectivity index (χ2n) is 5.17. The van der Waals surface area contributed by atoms with Gasteiger partial charge in [0, 0.05) is 19.2 Å². The second kappa shape index (κ2) is 6.25. The highest BCUT2D eigenvalue weighted by Crippen LogP contribution is 2.15. The number of piperidine rings is 1. The molecule has 1 saturated heterocycles. The summed E-state index contributed by atoms with van der Waals surface area (Å²) >= 11 is 0. The van der Waals surface area contributed by atoms with Crippen molar-refractivity contribution in [2.24, 2.45) is 5.92 Å². The van der Waals surface area contributed by atoms with Gasteiger partial charge in [0.1, 0.15) is 11.6 Å². The van der Waals surface area contributed by atoms with E-state index in [1.165, 1.54) is 25.0 Å². The molecule has 100 valence electrons. The van der Waals surface area contributed by atoms with Gasteiger partial charge >= 0.3 is 0 Å². The molecular formula is C14H20F2N2. The summed E-state index contributed by atoms with van der Waals surface area (Å²) in [6.07, 6.45) is 2.36. The van der Waals surface area contributed by atoms with E-state index in [2.05, 4.69) is 10.2 Å². The third-order valence-electron chi connectivity index (χ3n) is 3.40. The number of nitrogens with zero attached hydrogens (tertiary/aromatic N) is 1. The average Bonchev–Trinajstić information content (AvgIpc) is 2.28. The molecule has 0 bridgehead atoms. The Hall–Kier alpha value is -1.00. The number of hydrogen-bond donors (Lipinski definition) is 1. The molecule has 1 aliphatic rings. The number of hydrogen-bond acceptors (Lipinski definition) is 2. The molecule has 0 spiro atoms. The first-order valence-corrected chi connectivity index (χ1v) is 6.48. The zero-order valence-corrected chi connectivity index (χ0v) is 10.8. The van der Waals surface area contributed by atoms with Crippen LogP contribution in [0, 0.1) is 17.6 Å². The summed E-state index contributed by atoms with van der Waals surface area (Å²) in [5.41, 5.74) is 0.698. The standard InChI is InChI=1S/C14H20F2N2/c1-18(9-11-2-4-17-5-3-11)10-12-6-13(15)8-14(16)7-12/h6-8,11,17H,2-5,9-10H2,1H3. The Morgan fingerprint density at radius 2 is 1.78 bits per heavy atom. The van der Waals surface area contributed by atoms with E-state index in [1.54, 1.807) is 0 Å². The van der Waals surface area contributed by atoms with Crippen LogP contribution in [0.4, 0.5) is 8.78 Å². The van der Waals surface area contributed by atoms with Crippen molar-refractivity contribution in [2.45, 2.75) is 19.4 Å². The van der Waals surface area contributed by atoms with Crippen molar-refractivity contribution in [3.05, 3.63) is 35.4 Å². The Kier molecular flexibility index (Phi) is 4.66. The monoisotopic (exact) mass is 254 g/mol. The van der Waals surface area contributed by atoms with Gasteiger partial charge in [0.25, 0.3) is 0 Å². The van der Waals surface area contributed by atoms with E-state index in [9.17, 15) is 8.78 Å². The van der Waals surface area contributed by atoms with Crippen LogP contribution >= 0.6 is 0 Å². The molecule has 0 unspecified atom stereocenters. The van der Waals surface area contributed by atoms with Gasteiger partial charge in [-0.15, -0.1) is 0 Å². The molecule has 0 radical (unpaired) electrons. The smallest absolute Gasteiger partial charge is 0.126 e. The maximum Gasteiger partial charge on any atom is 0.126 e. The Morgan fingerprint density at radius 3 is 2.39 bits per heavy atom. The minimum absolute atomic E-state index is 0.500. The van der Waals surface area contributed by atoms with Crippen LogP contribution in [-0.2, 0) is 6.54 Å². The normalized spacial score (nSPS) is 17.3. The lowest BCUT2D eigenvalue weighted by molar-refractivity contribution is 0.234. The molecule has 1 N–H and O–H groups in total. The Bertz CT molecular complexity index is 369. The second-order valence-corrected chi connectivity index (χ2v) is 5.17. The van der Waals surface area contributed by atoms with Crippen molar-refractivity contribution in [3.63, 3.8) is 0 Å². The van der Waals surface area contributed by atoms with Gasteiger partial charge in [-0.25, -0.2) is 8.78 Å². The minimum Gasteiger partial charge on any atom is -0.317 e. The topological polar surface area (TPSA) is 15.3 Å². The van der Waals surface area contributed by atoms with E-state index < -0.39 is 11.6 Å². The molecule has 0 aromatic heterocycles. The van der Waals surface area contributed by atoms with Gasteiger partial charge in [-0.3, -0.25) is 0 Å². The molecule has 18 heavy (non-hydrogen) atoms. The van der Waals surface area contributed by atoms with Gasteiger partial charge < -0.3 is 10.2 Å². The van der Waals surface area contributed by atoms with Gasteiger partial charge in [-0.05, 0) is 56.6 Å². The van der Waals surface area contributed by atoms with Crippen molar-refractivity contribution >= 4 is 0 Å². The summed E-state index contributed by atoms with van der Waals surface area (Å²) in [6, 6.07) is 3.72. The van der Waals surface area contributed by atoms with Crippen LogP contribution < -0.4 is 5.32 Å². The number of rotatable bonds is 4. The molecule has 0 atom stereocenters. The molecule has 0 saturated carbocycles. The largest absolute Gasteiger partial charge is 0.317 e. The van der Waals surface area contributed by atoms with Gasteiger partial charge in [-0.2, -0.15) is 0 Å². The van der Waals surface area contributed by atoms with Crippen LogP contribution in [-0.4, -0.2) is 31.6 Å². The van der Waals surface area contributed by atoms with Crippen LogP contribution in [0.1, 0.15) is 18.4 Å². The van der Waals surface area contributed by atoms with E-state index in [1.807, 2.05) is 7.05 Å². The van der Waals surface area contributed by atoms with Crippen molar-refractivity contribution in [1.82, 2.24) is 10.2 Å². The van der Waals surface area contributed by atoms with Crippen LogP contribution in [0.5, 0.6) is 0 Å². The van der Waals surface area contributed by atoms with Crippen LogP contribution in [0.3, 0.4) is 0 Å². The van der Waals surface area contributed by atoms with Crippen LogP contribution in [0.15, 0.2) is 18.2 Å². The highest BCUT2D eigenvalue weighted by atomic mass is 19.1. The van der Waals surface area contributed by atoms with Gasteiger partial charge in [-0.1, -0.05) is 0 Å². The summed E-state index contributed by atoms with van der Waals surface area (Å²) in [7, 11) is 2.00. The predicted molar refractivity (Wildman–Crippen MR) is 68.3 cm³/mol. The Balaban J connectivity index is 1.87. The summed E-state index contributed by atoms with van der Waals surface area (Å²) in [5.74, 6) is -0.310. The molecule has 2 nitrogen and oxygen atoms in total. The van der Waals surface area contributed by atoms with Crippen LogP contribution in [0.2, 0.25) is 0 Å². The SMILES string of the molecule is CN(Cc1cc(F)cc(F)c1)CC1CCNCC1. The average molecular weight is 254 g/mol. The molecule has 1 aliphatic heterocycles. The van der Waals surface area contributed by atoms with E-state index in [-0.39, 0.29) is 0 Å². The lowest BCUT2D eigenvalue weighted by atomic mass is 9.97. The van der Waals surface area contributed by atoms with E-state index >= 15 is 0 Å². The lowest BCUT2D eigenvalue weighted by Gasteiger charge is -2.27. The van der Waals surface area contributed by atoms with Crippen molar-refractivity contribution in [1.29, 1.82) is 0 Å². The summed E-state index contributed by atoms with van der Waals surface area (Å²) in [5, 5.41) is 3.33. The zero-order valence-electron chi connectivity index (χ0n) is 10.8. The highest BCUT2D eigenvalue weighted by Gasteiger charge is 2.15. The molecule has 1 fully saturated rings. The molecule has 1 aromatic carbocycles. The van der Waals surface area contributed by atoms with E-state index in [4.69, 9.17) is 0 Å². The lowest BCUT2D eigenvalue weighted by Crippen LogP contribution is -2.34. The third kappa shape index (κ3) is 4.03. The maximum absolute atomic E-state index is 13.1. The quantitative estimate of drug-likeness (QED) is 0.887. The fraction of sp³-hybridized carbons (Fsp3) is 0.571. The molecule has 2 rings (SSSR count). The predicted octanol–water partition coefficient (Wildman–Crippen LogP) is 2.40. The molecule has 1 aromatic rings. The third-order valence-corrected chi connectivity index (χ3v) is 3.40. The number of nitrogens with one attached hydrogen (secondary N) is 1. The summed E-state index contributed by atoms with van der Waals surface area (Å²) in [6.45, 7) is 3.73. The van der Waals surface area contributed by atoms with Gasteiger partial charge in [0.15, 0.2) is 0 Å². The number of benzene rings is 1. The van der Waals surface area contributed by atoms with Crippen LogP contribution in [0.25, 0.3) is 0 Å².